The summed E-state index contributed by atoms with van der Waals surface area (Å²) in [6.07, 6.45) is 0.882. The number of benzene rings is 2. The summed E-state index contributed by atoms with van der Waals surface area (Å²) in [7, 11) is 1.68. The minimum atomic E-state index is -4.81. The topological polar surface area (TPSA) is 82.5 Å². The molecule has 0 unspecified atom stereocenters. The van der Waals surface area contributed by atoms with Crippen molar-refractivity contribution in [3.63, 3.8) is 0 Å². The van der Waals surface area contributed by atoms with Gasteiger partial charge in [-0.15, -0.1) is 19.8 Å². The molecule has 2 aliphatic carbocycles. The number of hydrogen-bond donors (Lipinski definition) is 2. The Morgan fingerprint density at radius 3 is 2.83 bits per heavy atom. The lowest BCUT2D eigenvalue weighted by Crippen LogP contribution is -2.80. The molecule has 0 radical (unpaired) electrons. The highest BCUT2D eigenvalue weighted by molar-refractivity contribution is 5.92. The van der Waals surface area contributed by atoms with Crippen LogP contribution in [0.1, 0.15) is 36.5 Å². The summed E-state index contributed by atoms with van der Waals surface area (Å²) in [5, 5.41) is 23.5. The predicted molar refractivity (Wildman–Crippen MR) is 146 cm³/mol. The van der Waals surface area contributed by atoms with Gasteiger partial charge in [-0.2, -0.15) is 0 Å². The molecule has 2 bridgehead atoms. The standard InChI is InChI=1S/C31H33F3N2O5/c1-4-13-36-14-12-29-26-20-9-10-23(37)27(26)40-28(29)22(15-18(2)30(29,39)24(36)17-20)35(3)25(38)11-8-19-6-5-7-21(16-19)41-31(32,33)34/h4-11,16,18,22,24,28,37,39H,1,12-15,17H2,2-3H3/t18-,22+,24+,28-,29-,30+/m0/s1. The van der Waals surface area contributed by atoms with Gasteiger partial charge < -0.3 is 24.6 Å². The number of carbonyl (C=O) groups excluding carboxylic acids is 1. The van der Waals surface area contributed by atoms with Gasteiger partial charge in [0, 0.05) is 31.3 Å². The second kappa shape index (κ2) is 9.52. The first-order valence-corrected chi connectivity index (χ1v) is 13.8. The molecule has 2 heterocycles. The van der Waals surface area contributed by atoms with E-state index < -0.39 is 29.5 Å². The number of likely N-dealkylation sites (N-methyl/N-ethyl adjacent to an activating group) is 1. The number of halogens is 3. The molecule has 6 rings (SSSR count). The van der Waals surface area contributed by atoms with E-state index in [4.69, 9.17) is 4.74 Å². The number of aliphatic hydroxyl groups is 1. The molecule has 41 heavy (non-hydrogen) atoms. The summed E-state index contributed by atoms with van der Waals surface area (Å²) >= 11 is 0. The Kier molecular flexibility index (Phi) is 6.42. The molecule has 2 aromatic carbocycles. The molecule has 0 aromatic heterocycles. The van der Waals surface area contributed by atoms with Crippen molar-refractivity contribution in [1.82, 2.24) is 9.80 Å². The van der Waals surface area contributed by atoms with E-state index >= 15 is 0 Å². The fourth-order valence-electron chi connectivity index (χ4n) is 8.05. The first kappa shape index (κ1) is 27.7. The molecule has 2 N–H and O–H groups in total. The molecular formula is C31H33F3N2O5. The maximum absolute atomic E-state index is 13.5. The van der Waals surface area contributed by atoms with Crippen molar-refractivity contribution in [1.29, 1.82) is 0 Å². The first-order valence-electron chi connectivity index (χ1n) is 13.8. The van der Waals surface area contributed by atoms with Gasteiger partial charge in [0.1, 0.15) is 11.9 Å². The highest BCUT2D eigenvalue weighted by atomic mass is 19.4. The lowest BCUT2D eigenvalue weighted by molar-refractivity contribution is -0.274. The van der Waals surface area contributed by atoms with Gasteiger partial charge >= 0.3 is 6.36 Å². The number of phenolic OH excluding ortho intramolecular Hbond substituents is 1. The van der Waals surface area contributed by atoms with Gasteiger partial charge in [0.25, 0.3) is 0 Å². The van der Waals surface area contributed by atoms with Crippen LogP contribution in [0.2, 0.25) is 0 Å². The maximum atomic E-state index is 13.5. The first-order chi connectivity index (χ1) is 19.4. The number of amides is 1. The molecule has 1 amide bonds. The van der Waals surface area contributed by atoms with Gasteiger partial charge in [-0.25, -0.2) is 0 Å². The Labute approximate surface area is 236 Å². The number of rotatable bonds is 6. The Morgan fingerprint density at radius 1 is 1.32 bits per heavy atom. The van der Waals surface area contributed by atoms with Gasteiger partial charge in [-0.1, -0.05) is 31.2 Å². The molecular weight excluding hydrogens is 537 g/mol. The van der Waals surface area contributed by atoms with Crippen LogP contribution in [-0.4, -0.2) is 76.2 Å². The number of ether oxygens (including phenoxy) is 2. The maximum Gasteiger partial charge on any atom is 0.573 e. The molecule has 2 aromatic rings. The Hall–Kier alpha value is -3.50. The number of alkyl halides is 3. The van der Waals surface area contributed by atoms with E-state index in [2.05, 4.69) is 16.2 Å². The average Bonchev–Trinajstić information content (AvgIpc) is 3.26. The van der Waals surface area contributed by atoms with Crippen LogP contribution in [0, 0.1) is 5.92 Å². The number of nitrogens with zero attached hydrogens (tertiary/aromatic N) is 2. The molecule has 1 saturated heterocycles. The second-order valence-electron chi connectivity index (χ2n) is 11.6. The Balaban J connectivity index is 1.34. The van der Waals surface area contributed by atoms with E-state index in [9.17, 15) is 28.2 Å². The molecule has 4 aliphatic rings. The average molecular weight is 571 g/mol. The monoisotopic (exact) mass is 570 g/mol. The van der Waals surface area contributed by atoms with Crippen LogP contribution in [0.15, 0.2) is 55.1 Å². The number of piperidine rings is 1. The van der Waals surface area contributed by atoms with E-state index in [1.807, 2.05) is 19.1 Å². The van der Waals surface area contributed by atoms with Crippen LogP contribution in [0.25, 0.3) is 6.08 Å². The van der Waals surface area contributed by atoms with Gasteiger partial charge in [0.15, 0.2) is 11.5 Å². The fraction of sp³-hybridized carbons (Fsp3) is 0.452. The zero-order valence-corrected chi connectivity index (χ0v) is 22.9. The van der Waals surface area contributed by atoms with E-state index in [-0.39, 0.29) is 29.4 Å². The van der Waals surface area contributed by atoms with Crippen molar-refractivity contribution in [2.45, 2.75) is 61.8 Å². The summed E-state index contributed by atoms with van der Waals surface area (Å²) in [5.74, 6) is -0.530. The zero-order valence-electron chi connectivity index (χ0n) is 22.9. The van der Waals surface area contributed by atoms with Gasteiger partial charge in [-0.3, -0.25) is 9.69 Å². The van der Waals surface area contributed by atoms with Gasteiger partial charge in [-0.05, 0) is 67.1 Å². The van der Waals surface area contributed by atoms with Crippen molar-refractivity contribution in [3.05, 3.63) is 71.8 Å². The Bertz CT molecular complexity index is 1430. The molecule has 1 saturated carbocycles. The summed E-state index contributed by atoms with van der Waals surface area (Å²) < 4.78 is 48.4. The molecule has 218 valence electrons. The number of hydrogen-bond acceptors (Lipinski definition) is 6. The van der Waals surface area contributed by atoms with Crippen molar-refractivity contribution in [3.8, 4) is 17.2 Å². The van der Waals surface area contributed by atoms with Crippen molar-refractivity contribution in [2.24, 2.45) is 5.92 Å². The predicted octanol–water partition coefficient (Wildman–Crippen LogP) is 4.42. The van der Waals surface area contributed by atoms with Crippen LogP contribution in [-0.2, 0) is 16.6 Å². The lowest BCUT2D eigenvalue weighted by atomic mass is 9.45. The van der Waals surface area contributed by atoms with Crippen molar-refractivity contribution in [2.75, 3.05) is 20.1 Å². The molecule has 10 heteroatoms. The zero-order chi connectivity index (χ0) is 29.3. The van der Waals surface area contributed by atoms with E-state index in [1.165, 1.54) is 30.4 Å². The van der Waals surface area contributed by atoms with Crippen LogP contribution >= 0.6 is 0 Å². The minimum absolute atomic E-state index is 0.0167. The fourth-order valence-corrected chi connectivity index (χ4v) is 8.05. The highest BCUT2D eigenvalue weighted by Crippen LogP contribution is 2.67. The van der Waals surface area contributed by atoms with Crippen LogP contribution in [0.4, 0.5) is 13.2 Å². The summed E-state index contributed by atoms with van der Waals surface area (Å²) in [6.45, 7) is 7.28. The van der Waals surface area contributed by atoms with Crippen molar-refractivity contribution >= 4 is 12.0 Å². The quantitative estimate of drug-likeness (QED) is 0.396. The largest absolute Gasteiger partial charge is 0.573 e. The third kappa shape index (κ3) is 4.06. The molecule has 6 atom stereocenters. The third-order valence-corrected chi connectivity index (χ3v) is 9.68. The minimum Gasteiger partial charge on any atom is -0.504 e. The normalized spacial score (nSPS) is 31.9. The van der Waals surface area contributed by atoms with E-state index in [0.717, 1.165) is 11.1 Å². The number of aromatic hydroxyl groups is 1. The summed E-state index contributed by atoms with van der Waals surface area (Å²) in [5.41, 5.74) is 0.295. The molecule has 2 aliphatic heterocycles. The third-order valence-electron chi connectivity index (χ3n) is 9.68. The second-order valence-corrected chi connectivity index (χ2v) is 11.6. The lowest BCUT2D eigenvalue weighted by Gasteiger charge is -2.66. The number of likely N-dealkylation sites (tertiary alicyclic amines) is 1. The summed E-state index contributed by atoms with van der Waals surface area (Å²) in [6, 6.07) is 8.34. The van der Waals surface area contributed by atoms with Gasteiger partial charge in [0.2, 0.25) is 5.91 Å². The molecule has 7 nitrogen and oxygen atoms in total. The van der Waals surface area contributed by atoms with Crippen LogP contribution < -0.4 is 9.47 Å². The number of carbonyl (C=O) groups is 1. The number of phenols is 1. The van der Waals surface area contributed by atoms with Crippen LogP contribution in [0.5, 0.6) is 17.2 Å². The Morgan fingerprint density at radius 2 is 2.10 bits per heavy atom. The molecule has 2 fully saturated rings. The smallest absolute Gasteiger partial charge is 0.504 e. The van der Waals surface area contributed by atoms with Gasteiger partial charge in [0.05, 0.1) is 17.1 Å². The molecule has 1 spiro atoms. The van der Waals surface area contributed by atoms with Crippen LogP contribution in [0.3, 0.4) is 0 Å². The van der Waals surface area contributed by atoms with Crippen molar-refractivity contribution < 1.29 is 37.7 Å². The SMILES string of the molecule is C=CCN1CC[C@]23c4c5ccc(O)c4O[C@H]2[C@H](N(C)C(=O)C=Cc2cccc(OC(F)(F)F)c2)C[C@H](C)[C@@]3(O)[C@H]1C5. The van der Waals surface area contributed by atoms with E-state index in [0.29, 0.717) is 43.7 Å². The highest BCUT2D eigenvalue weighted by Gasteiger charge is 2.75. The summed E-state index contributed by atoms with van der Waals surface area (Å²) in [4.78, 5) is 17.3. The van der Waals surface area contributed by atoms with E-state index in [1.54, 1.807) is 24.1 Å².